The fourth-order valence-electron chi connectivity index (χ4n) is 4.88. The number of nitro groups is 1. The summed E-state index contributed by atoms with van der Waals surface area (Å²) in [5.74, 6) is -0.335. The lowest BCUT2D eigenvalue weighted by molar-refractivity contribution is -0.388. The molecule has 0 unspecified atom stereocenters. The van der Waals surface area contributed by atoms with Gasteiger partial charge in [-0.2, -0.15) is 13.2 Å². The molecule has 206 valence electrons. The number of nitro benzene ring substituents is 1. The Hall–Kier alpha value is -3.12. The molecule has 0 aliphatic carbocycles. The van der Waals surface area contributed by atoms with Crippen LogP contribution in [0.15, 0.2) is 36.4 Å². The van der Waals surface area contributed by atoms with Gasteiger partial charge in [0.05, 0.1) is 10.6 Å². The van der Waals surface area contributed by atoms with Crippen LogP contribution in [0, 0.1) is 15.9 Å². The molecule has 2 saturated heterocycles. The molecule has 2 aliphatic heterocycles. The summed E-state index contributed by atoms with van der Waals surface area (Å²) in [5, 5.41) is 14.3. The Morgan fingerprint density at radius 2 is 1.74 bits per heavy atom. The van der Waals surface area contributed by atoms with Gasteiger partial charge in [0.25, 0.3) is 5.69 Å². The Labute approximate surface area is 222 Å². The van der Waals surface area contributed by atoms with Gasteiger partial charge in [-0.25, -0.2) is 4.39 Å². The summed E-state index contributed by atoms with van der Waals surface area (Å²) >= 11 is 5.83. The Morgan fingerprint density at radius 1 is 1.05 bits per heavy atom. The first-order valence-corrected chi connectivity index (χ1v) is 12.7. The molecule has 0 saturated carbocycles. The third-order valence-corrected chi connectivity index (χ3v) is 7.22. The normalized spacial score (nSPS) is 17.5. The van der Waals surface area contributed by atoms with Crippen molar-refractivity contribution in [1.29, 1.82) is 0 Å². The number of halogens is 5. The Bertz CT molecular complexity index is 1170. The van der Waals surface area contributed by atoms with E-state index in [1.807, 2.05) is 4.90 Å². The smallest absolute Gasteiger partial charge is 0.382 e. The van der Waals surface area contributed by atoms with E-state index in [1.165, 1.54) is 12.1 Å². The van der Waals surface area contributed by atoms with Gasteiger partial charge in [-0.1, -0.05) is 11.6 Å². The van der Waals surface area contributed by atoms with Crippen molar-refractivity contribution in [3.63, 3.8) is 0 Å². The van der Waals surface area contributed by atoms with Crippen LogP contribution < -0.4 is 10.2 Å². The van der Waals surface area contributed by atoms with Crippen LogP contribution in [0.1, 0.15) is 24.8 Å². The predicted molar refractivity (Wildman–Crippen MR) is 136 cm³/mol. The number of likely N-dealkylation sites (tertiary alicyclic amines) is 1. The highest BCUT2D eigenvalue weighted by Gasteiger charge is 2.38. The first kappa shape index (κ1) is 27.9. The minimum absolute atomic E-state index is 0.0179. The molecule has 0 aromatic heterocycles. The number of amides is 1. The van der Waals surface area contributed by atoms with E-state index in [0.29, 0.717) is 75.8 Å². The van der Waals surface area contributed by atoms with Crippen LogP contribution in [0.25, 0.3) is 0 Å². The van der Waals surface area contributed by atoms with Crippen LogP contribution >= 0.6 is 11.6 Å². The molecule has 2 heterocycles. The van der Waals surface area contributed by atoms with Crippen molar-refractivity contribution < 1.29 is 27.3 Å². The molecule has 2 aromatic carbocycles. The zero-order chi connectivity index (χ0) is 27.4. The second-order valence-electron chi connectivity index (χ2n) is 9.46. The third-order valence-electron chi connectivity index (χ3n) is 6.98. The summed E-state index contributed by atoms with van der Waals surface area (Å²) < 4.78 is 53.9. The molecule has 13 heteroatoms. The van der Waals surface area contributed by atoms with Gasteiger partial charge in [0.15, 0.2) is 0 Å². The van der Waals surface area contributed by atoms with E-state index < -0.39 is 22.4 Å². The SMILES string of the molecule is O=C(CCN1CCN(c2ccc(Cl)cc2F)CC1)N1CCC(Nc2ccc([N+](=O)[O-])c(C(F)(F)F)c2)CC1. The molecule has 8 nitrogen and oxygen atoms in total. The molecule has 0 bridgehead atoms. The van der Waals surface area contributed by atoms with Crippen molar-refractivity contribution in [3.8, 4) is 0 Å². The van der Waals surface area contributed by atoms with E-state index in [0.717, 1.165) is 12.1 Å². The van der Waals surface area contributed by atoms with Crippen LogP contribution in [-0.2, 0) is 11.0 Å². The van der Waals surface area contributed by atoms with Gasteiger partial charge in [-0.15, -0.1) is 0 Å². The topological polar surface area (TPSA) is 82.0 Å². The molecule has 0 spiro atoms. The molecule has 1 amide bonds. The summed E-state index contributed by atoms with van der Waals surface area (Å²) in [7, 11) is 0. The molecular weight excluding hydrogens is 530 g/mol. The number of nitrogens with zero attached hydrogens (tertiary/aromatic N) is 4. The number of anilines is 2. The maximum atomic E-state index is 14.2. The van der Waals surface area contributed by atoms with Crippen LogP contribution in [-0.4, -0.2) is 72.5 Å². The predicted octanol–water partition coefficient (Wildman–Crippen LogP) is 5.02. The van der Waals surface area contributed by atoms with Crippen LogP contribution in [0.3, 0.4) is 0 Å². The Morgan fingerprint density at radius 3 is 2.34 bits per heavy atom. The summed E-state index contributed by atoms with van der Waals surface area (Å²) in [6, 6.07) is 7.37. The van der Waals surface area contributed by atoms with Gasteiger partial charge in [0.1, 0.15) is 11.4 Å². The minimum atomic E-state index is -4.84. The summed E-state index contributed by atoms with van der Waals surface area (Å²) in [6.45, 7) is 4.23. The number of piperidine rings is 1. The number of carbonyl (C=O) groups excluding carboxylic acids is 1. The first-order chi connectivity index (χ1) is 18.0. The molecule has 0 radical (unpaired) electrons. The van der Waals surface area contributed by atoms with Crippen molar-refractivity contribution in [3.05, 3.63) is 62.9 Å². The highest BCUT2D eigenvalue weighted by molar-refractivity contribution is 6.30. The van der Waals surface area contributed by atoms with E-state index in [9.17, 15) is 32.5 Å². The lowest BCUT2D eigenvalue weighted by Gasteiger charge is -2.37. The zero-order valence-corrected chi connectivity index (χ0v) is 21.3. The third kappa shape index (κ3) is 6.84. The highest BCUT2D eigenvalue weighted by atomic mass is 35.5. The summed E-state index contributed by atoms with van der Waals surface area (Å²) in [6.07, 6.45) is -3.38. The molecular formula is C25H28ClF4N5O3. The van der Waals surface area contributed by atoms with E-state index in [4.69, 9.17) is 11.6 Å². The van der Waals surface area contributed by atoms with Crippen LogP contribution in [0.4, 0.5) is 34.6 Å². The standard InChI is InChI=1S/C25H28ClF4N5O3/c26-17-1-3-23(21(27)15-17)33-13-11-32(12-14-33)8-7-24(36)34-9-5-18(6-10-34)31-19-2-4-22(35(37)38)20(16-19)25(28,29)30/h1-4,15-16,18,31H,5-14H2. The van der Waals surface area contributed by atoms with Crippen LogP contribution in [0.2, 0.25) is 5.02 Å². The van der Waals surface area contributed by atoms with Gasteiger partial charge < -0.3 is 15.1 Å². The van der Waals surface area contributed by atoms with E-state index in [1.54, 1.807) is 17.0 Å². The molecule has 0 atom stereocenters. The number of nitrogens with one attached hydrogen (secondary N) is 1. The lowest BCUT2D eigenvalue weighted by Crippen LogP contribution is -2.48. The fraction of sp³-hybridized carbons (Fsp3) is 0.480. The second-order valence-corrected chi connectivity index (χ2v) is 9.90. The van der Waals surface area contributed by atoms with Crippen molar-refractivity contribution in [2.24, 2.45) is 0 Å². The molecule has 2 aromatic rings. The lowest BCUT2D eigenvalue weighted by atomic mass is 10.0. The highest BCUT2D eigenvalue weighted by Crippen LogP contribution is 2.38. The number of benzene rings is 2. The van der Waals surface area contributed by atoms with Crippen molar-refractivity contribution >= 4 is 34.6 Å². The molecule has 2 aliphatic rings. The number of carbonyl (C=O) groups is 1. The van der Waals surface area contributed by atoms with Crippen LogP contribution in [0.5, 0.6) is 0 Å². The average molecular weight is 558 g/mol. The summed E-state index contributed by atoms with van der Waals surface area (Å²) in [4.78, 5) is 28.5. The number of hydrogen-bond donors (Lipinski definition) is 1. The maximum Gasteiger partial charge on any atom is 0.423 e. The minimum Gasteiger partial charge on any atom is -0.382 e. The number of rotatable bonds is 7. The second kappa shape index (κ2) is 11.7. The van der Waals surface area contributed by atoms with Gasteiger partial charge in [0.2, 0.25) is 5.91 Å². The Balaban J connectivity index is 1.21. The largest absolute Gasteiger partial charge is 0.423 e. The van der Waals surface area contributed by atoms with Crippen molar-refractivity contribution in [1.82, 2.24) is 9.80 Å². The van der Waals surface area contributed by atoms with Crippen molar-refractivity contribution in [2.45, 2.75) is 31.5 Å². The van der Waals surface area contributed by atoms with Gasteiger partial charge >= 0.3 is 6.18 Å². The fourth-order valence-corrected chi connectivity index (χ4v) is 5.04. The van der Waals surface area contributed by atoms with Crippen molar-refractivity contribution in [2.75, 3.05) is 56.0 Å². The first-order valence-electron chi connectivity index (χ1n) is 12.3. The molecule has 38 heavy (non-hydrogen) atoms. The van der Waals surface area contributed by atoms with Gasteiger partial charge in [-0.3, -0.25) is 19.8 Å². The molecule has 2 fully saturated rings. The van der Waals surface area contributed by atoms with Gasteiger partial charge in [-0.05, 0) is 43.2 Å². The van der Waals surface area contributed by atoms with Gasteiger partial charge in [0, 0.05) is 75.1 Å². The van der Waals surface area contributed by atoms with E-state index >= 15 is 0 Å². The number of alkyl halides is 3. The van der Waals surface area contributed by atoms with E-state index in [2.05, 4.69) is 10.2 Å². The monoisotopic (exact) mass is 557 g/mol. The quantitative estimate of drug-likeness (QED) is 0.292. The maximum absolute atomic E-state index is 14.2. The summed E-state index contributed by atoms with van der Waals surface area (Å²) in [5.41, 5.74) is -1.60. The number of hydrogen-bond acceptors (Lipinski definition) is 6. The molecule has 4 rings (SSSR count). The zero-order valence-electron chi connectivity index (χ0n) is 20.5. The number of piperazine rings is 1. The molecule has 1 N–H and O–H groups in total. The Kier molecular flexibility index (Phi) is 8.61. The average Bonchev–Trinajstić information content (AvgIpc) is 2.87. The van der Waals surface area contributed by atoms with E-state index in [-0.39, 0.29) is 23.5 Å².